The third kappa shape index (κ3) is 10.5. The summed E-state index contributed by atoms with van der Waals surface area (Å²) >= 11 is 0. The van der Waals surface area contributed by atoms with E-state index >= 15 is 0 Å². The van der Waals surface area contributed by atoms with Crippen molar-refractivity contribution in [2.24, 2.45) is 0 Å². The highest BCUT2D eigenvalue weighted by Gasteiger charge is 2.22. The Hall–Kier alpha value is -2.14. The van der Waals surface area contributed by atoms with Gasteiger partial charge in [-0.05, 0) is 60.2 Å². The number of allylic oxidation sites excluding steroid dienone is 2. The topological polar surface area (TPSA) is 67.6 Å². The zero-order valence-corrected chi connectivity index (χ0v) is 22.4. The minimum absolute atomic E-state index is 0.253. The Balaban J connectivity index is 0.00000316. The molecule has 0 fully saturated rings. The fourth-order valence-electron chi connectivity index (χ4n) is 4.23. The molecule has 2 rings (SSSR count). The first-order chi connectivity index (χ1) is 17.4. The van der Waals surface area contributed by atoms with Crippen molar-refractivity contribution >= 4 is 5.57 Å². The molecule has 1 aliphatic rings. The van der Waals surface area contributed by atoms with Gasteiger partial charge < -0.3 is 20.1 Å². The van der Waals surface area contributed by atoms with E-state index < -0.39 is 18.8 Å². The van der Waals surface area contributed by atoms with Crippen LogP contribution in [-0.4, -0.2) is 69.7 Å². The first-order valence-electron chi connectivity index (χ1n) is 12.4. The smallest absolute Gasteiger partial charge is 0.112 e. The minimum Gasteiger partial charge on any atom is -0.400 e. The molecule has 5 atom stereocenters. The number of benzene rings is 1. The number of quaternary nitrogens is 1. The predicted molar refractivity (Wildman–Crippen MR) is 139 cm³/mol. The van der Waals surface area contributed by atoms with Crippen molar-refractivity contribution in [2.75, 3.05) is 41.5 Å². The number of alkyl halides is 1. The highest BCUT2D eigenvalue weighted by Crippen LogP contribution is 2.24. The number of halogens is 2. The van der Waals surface area contributed by atoms with Crippen molar-refractivity contribution < 1.29 is 33.6 Å². The van der Waals surface area contributed by atoms with Gasteiger partial charge in [-0.1, -0.05) is 37.3 Å². The Labute approximate surface area is 214 Å². The summed E-state index contributed by atoms with van der Waals surface area (Å²) in [5.41, 5.74) is 3.23. The van der Waals surface area contributed by atoms with Gasteiger partial charge in [0.15, 0.2) is 0 Å². The Morgan fingerprint density at radius 1 is 1.22 bits per heavy atom. The molecular formula is C27H44F2N3O4+. The molecule has 0 saturated carbocycles. The highest BCUT2D eigenvalue weighted by atomic mass is 19.3. The maximum absolute atomic E-state index is 13.9. The molecule has 1 aromatic rings. The second-order valence-electron chi connectivity index (χ2n) is 8.82. The molecule has 36 heavy (non-hydrogen) atoms. The summed E-state index contributed by atoms with van der Waals surface area (Å²) in [5, 5.41) is 13.4. The van der Waals surface area contributed by atoms with Crippen molar-refractivity contribution in [1.29, 1.82) is 0 Å². The second kappa shape index (κ2) is 18.2. The lowest BCUT2D eigenvalue weighted by molar-refractivity contribution is -0.762. The number of aliphatic hydroxyl groups excluding tert-OH is 1. The van der Waals surface area contributed by atoms with Crippen LogP contribution in [0.1, 0.15) is 50.3 Å². The molecule has 0 bridgehead atoms. The van der Waals surface area contributed by atoms with E-state index in [4.69, 9.17) is 9.84 Å². The van der Waals surface area contributed by atoms with Crippen LogP contribution in [0.5, 0.6) is 0 Å². The van der Waals surface area contributed by atoms with Crippen molar-refractivity contribution in [3.63, 3.8) is 0 Å². The number of hydrogen-bond donors (Lipinski definition) is 3. The molecule has 0 spiro atoms. The van der Waals surface area contributed by atoms with Crippen molar-refractivity contribution in [3.05, 3.63) is 66.1 Å². The zero-order valence-electron chi connectivity index (χ0n) is 22.4. The fraction of sp³-hybridized carbons (Fsp3) is 0.556. The monoisotopic (exact) mass is 512 g/mol. The lowest BCUT2D eigenvalue weighted by atomic mass is 9.99. The first-order valence-corrected chi connectivity index (χ1v) is 12.4. The van der Waals surface area contributed by atoms with Crippen LogP contribution in [0.2, 0.25) is 0 Å². The van der Waals surface area contributed by atoms with Crippen LogP contribution in [0.4, 0.5) is 8.92 Å². The quantitative estimate of drug-likeness (QED) is 0.233. The van der Waals surface area contributed by atoms with Gasteiger partial charge in [0.2, 0.25) is 0 Å². The van der Waals surface area contributed by atoms with Crippen LogP contribution in [0.3, 0.4) is 0 Å². The molecule has 1 aromatic carbocycles. The van der Waals surface area contributed by atoms with E-state index in [1.54, 1.807) is 20.2 Å². The molecule has 0 saturated heterocycles. The lowest BCUT2D eigenvalue weighted by Crippen LogP contribution is -2.98. The van der Waals surface area contributed by atoms with Gasteiger partial charge in [-0.3, -0.25) is 4.90 Å². The van der Waals surface area contributed by atoms with Crippen LogP contribution in [0.15, 0.2) is 55.0 Å². The second-order valence-corrected chi connectivity index (χ2v) is 8.82. The molecule has 204 valence electrons. The summed E-state index contributed by atoms with van der Waals surface area (Å²) in [7, 11) is 6.71. The molecular weight excluding hydrogens is 468 g/mol. The number of ether oxygens (including phenoxy) is 1. The molecule has 1 aliphatic heterocycles. The number of nitrogens with zero attached hydrogens (tertiary/aromatic N) is 1. The van der Waals surface area contributed by atoms with Gasteiger partial charge >= 0.3 is 0 Å². The summed E-state index contributed by atoms with van der Waals surface area (Å²) < 4.78 is 31.4. The molecule has 3 N–H and O–H groups in total. The molecule has 0 aliphatic carbocycles. The van der Waals surface area contributed by atoms with Crippen molar-refractivity contribution in [3.8, 4) is 0 Å². The maximum atomic E-state index is 13.9. The molecule has 0 radical (unpaired) electrons. The summed E-state index contributed by atoms with van der Waals surface area (Å²) in [6.45, 7) is 4.13. The number of hydrogen-bond acceptors (Lipinski definition) is 6. The van der Waals surface area contributed by atoms with E-state index in [1.807, 2.05) is 37.4 Å². The van der Waals surface area contributed by atoms with Gasteiger partial charge in [0.25, 0.3) is 0 Å². The van der Waals surface area contributed by atoms with E-state index in [9.17, 15) is 8.92 Å². The fourth-order valence-corrected chi connectivity index (χ4v) is 4.23. The molecule has 5 unspecified atom stereocenters. The largest absolute Gasteiger partial charge is 0.400 e. The molecule has 7 nitrogen and oxygen atoms in total. The molecule has 0 amide bonds. The molecule has 0 aromatic heterocycles. The lowest BCUT2D eigenvalue weighted by Gasteiger charge is -2.28. The first kappa shape index (κ1) is 31.9. The van der Waals surface area contributed by atoms with E-state index in [2.05, 4.69) is 52.6 Å². The Kier molecular flexibility index (Phi) is 16.1. The maximum Gasteiger partial charge on any atom is 0.112 e. The standard InChI is InChI=1S/C26H39F2N3O3.CH4O/c1-6-24(17-20(2)33-34-28)31(4)15-8-7-14-29-25(18-27)26(32-5)22-11-9-21(10-12-22)23-13-16-30(3)19-23;1-2/h7,9-14,16,19-20,24-26,29H,6,8,15,17-18H2,1-5H3;2H,1H3/p+1/b14-7+;. The Bertz CT molecular complexity index is 805. The van der Waals surface area contributed by atoms with Gasteiger partial charge in [-0.25, -0.2) is 4.39 Å². The average molecular weight is 513 g/mol. The van der Waals surface area contributed by atoms with Gasteiger partial charge in [0.05, 0.1) is 25.4 Å². The number of aliphatic hydroxyl groups is 1. The zero-order chi connectivity index (χ0) is 26.9. The number of rotatable bonds is 16. The third-order valence-electron chi connectivity index (χ3n) is 6.24. The highest BCUT2D eigenvalue weighted by molar-refractivity contribution is 5.74. The third-order valence-corrected chi connectivity index (χ3v) is 6.24. The van der Waals surface area contributed by atoms with Gasteiger partial charge in [-0.2, -0.15) is 4.89 Å². The predicted octanol–water partition coefficient (Wildman–Crippen LogP) is 3.52. The minimum atomic E-state index is -0.557. The molecule has 1 heterocycles. The summed E-state index contributed by atoms with van der Waals surface area (Å²) in [4.78, 5) is 7.98. The van der Waals surface area contributed by atoms with E-state index in [0.717, 1.165) is 37.6 Å². The Morgan fingerprint density at radius 2 is 1.92 bits per heavy atom. The summed E-state index contributed by atoms with van der Waals surface area (Å²) in [6, 6.07) is 7.85. The van der Waals surface area contributed by atoms with Gasteiger partial charge in [0.1, 0.15) is 19.0 Å². The average Bonchev–Trinajstić information content (AvgIpc) is 3.34. The summed E-state index contributed by atoms with van der Waals surface area (Å²) in [5.74, 6) is 0. The SMILES string of the molecule is CCC(CC(C)OOF)N(C)CC/C=C/NC(CF)C(OC)c1ccc(C2=C[NH+](C)C=C2)cc1.CO. The van der Waals surface area contributed by atoms with Crippen LogP contribution in [0.25, 0.3) is 5.57 Å². The van der Waals surface area contributed by atoms with Crippen LogP contribution in [-0.2, 0) is 14.7 Å². The van der Waals surface area contributed by atoms with Crippen molar-refractivity contribution in [2.45, 2.75) is 57.4 Å². The Morgan fingerprint density at radius 3 is 2.44 bits per heavy atom. The van der Waals surface area contributed by atoms with E-state index in [0.29, 0.717) is 6.42 Å². The summed E-state index contributed by atoms with van der Waals surface area (Å²) in [6.07, 6.45) is 11.8. The van der Waals surface area contributed by atoms with Crippen LogP contribution in [0, 0.1) is 0 Å². The van der Waals surface area contributed by atoms with Crippen molar-refractivity contribution in [1.82, 2.24) is 10.2 Å². The van der Waals surface area contributed by atoms with Gasteiger partial charge in [-0.15, -0.1) is 0 Å². The van der Waals surface area contributed by atoms with Gasteiger partial charge in [0, 0.05) is 38.5 Å². The van der Waals surface area contributed by atoms with Crippen LogP contribution < -0.4 is 10.2 Å². The van der Waals surface area contributed by atoms with E-state index in [-0.39, 0.29) is 12.1 Å². The normalized spacial score (nSPS) is 18.5. The number of nitrogens with one attached hydrogen (secondary N) is 2. The van der Waals surface area contributed by atoms with E-state index in [1.165, 1.54) is 10.5 Å². The molecule has 9 heteroatoms. The van der Waals surface area contributed by atoms with Crippen LogP contribution >= 0.6 is 0 Å². The number of methoxy groups -OCH3 is 1.